The number of aliphatic hydroxyl groups is 1. The number of nitrogens with zero attached hydrogens (tertiary/aromatic N) is 3. The maximum absolute atomic E-state index is 12.5. The van der Waals surface area contributed by atoms with Crippen LogP contribution in [0.1, 0.15) is 43.4 Å². The lowest BCUT2D eigenvalue weighted by Gasteiger charge is -2.19. The standard InChI is InChI=1S/C19H26N4O2/c1-13(24)11-12-22(3)19(25)20-18-14(2)17(15-9-10-15)21-23(18)16-7-5-4-6-8-16/h4-8,13,15,24H,9-12H2,1-3H3,(H,20,25). The van der Waals surface area contributed by atoms with Gasteiger partial charge in [0.1, 0.15) is 5.82 Å². The average molecular weight is 342 g/mol. The molecule has 1 unspecified atom stereocenters. The zero-order valence-corrected chi connectivity index (χ0v) is 15.1. The molecule has 0 saturated heterocycles. The van der Waals surface area contributed by atoms with Gasteiger partial charge in [0.25, 0.3) is 0 Å². The SMILES string of the molecule is Cc1c(C2CC2)nn(-c2ccccc2)c1NC(=O)N(C)CCC(C)O. The molecule has 1 aliphatic carbocycles. The molecule has 1 saturated carbocycles. The van der Waals surface area contributed by atoms with Crippen molar-refractivity contribution in [3.8, 4) is 5.69 Å². The Morgan fingerprint density at radius 3 is 2.68 bits per heavy atom. The van der Waals surface area contributed by atoms with Crippen molar-refractivity contribution in [2.45, 2.75) is 45.1 Å². The summed E-state index contributed by atoms with van der Waals surface area (Å²) in [6.07, 6.45) is 2.45. The minimum Gasteiger partial charge on any atom is -0.393 e. The normalized spacial score (nSPS) is 15.0. The van der Waals surface area contributed by atoms with E-state index in [1.807, 2.05) is 41.9 Å². The summed E-state index contributed by atoms with van der Waals surface area (Å²) in [5.41, 5.74) is 3.04. The highest BCUT2D eigenvalue weighted by Gasteiger charge is 2.31. The monoisotopic (exact) mass is 342 g/mol. The molecule has 1 aromatic heterocycles. The molecular weight excluding hydrogens is 316 g/mol. The van der Waals surface area contributed by atoms with Gasteiger partial charge in [-0.15, -0.1) is 0 Å². The number of para-hydroxylation sites is 1. The first-order valence-electron chi connectivity index (χ1n) is 8.82. The van der Waals surface area contributed by atoms with E-state index in [1.165, 1.54) is 0 Å². The number of benzene rings is 1. The van der Waals surface area contributed by atoms with Gasteiger partial charge in [-0.2, -0.15) is 5.10 Å². The highest BCUT2D eigenvalue weighted by molar-refractivity contribution is 5.89. The summed E-state index contributed by atoms with van der Waals surface area (Å²) in [6, 6.07) is 9.66. The fraction of sp³-hybridized carbons (Fsp3) is 0.474. The number of amides is 2. The van der Waals surface area contributed by atoms with Gasteiger partial charge in [0.15, 0.2) is 0 Å². The lowest BCUT2D eigenvalue weighted by molar-refractivity contribution is 0.167. The van der Waals surface area contributed by atoms with Crippen LogP contribution in [-0.2, 0) is 0 Å². The van der Waals surface area contributed by atoms with Crippen LogP contribution in [-0.4, -0.2) is 45.5 Å². The Kier molecular flexibility index (Phi) is 5.08. The number of hydrogen-bond donors (Lipinski definition) is 2. The van der Waals surface area contributed by atoms with Crippen LogP contribution in [0, 0.1) is 6.92 Å². The number of urea groups is 1. The van der Waals surface area contributed by atoms with Crippen LogP contribution in [0.2, 0.25) is 0 Å². The van der Waals surface area contributed by atoms with Crippen LogP contribution in [0.5, 0.6) is 0 Å². The van der Waals surface area contributed by atoms with Gasteiger partial charge in [-0.1, -0.05) is 18.2 Å². The number of hydrogen-bond acceptors (Lipinski definition) is 3. The van der Waals surface area contributed by atoms with E-state index in [0.717, 1.165) is 35.6 Å². The van der Waals surface area contributed by atoms with Crippen LogP contribution in [0.25, 0.3) is 5.69 Å². The molecule has 0 bridgehead atoms. The molecule has 134 valence electrons. The summed E-state index contributed by atoms with van der Waals surface area (Å²) in [6.45, 7) is 4.24. The van der Waals surface area contributed by atoms with Crippen LogP contribution in [0.15, 0.2) is 30.3 Å². The van der Waals surface area contributed by atoms with Crippen molar-refractivity contribution in [1.82, 2.24) is 14.7 Å². The van der Waals surface area contributed by atoms with E-state index >= 15 is 0 Å². The molecule has 1 aliphatic rings. The van der Waals surface area contributed by atoms with E-state index in [2.05, 4.69) is 5.32 Å². The maximum Gasteiger partial charge on any atom is 0.322 e. The Morgan fingerprint density at radius 2 is 2.08 bits per heavy atom. The Labute approximate surface area is 148 Å². The zero-order valence-electron chi connectivity index (χ0n) is 15.1. The van der Waals surface area contributed by atoms with Gasteiger partial charge in [-0.25, -0.2) is 9.48 Å². The average Bonchev–Trinajstić information content (AvgIpc) is 3.39. The van der Waals surface area contributed by atoms with Crippen LogP contribution in [0.4, 0.5) is 10.6 Å². The van der Waals surface area contributed by atoms with E-state index in [9.17, 15) is 9.90 Å². The Morgan fingerprint density at radius 1 is 1.40 bits per heavy atom. The number of aliphatic hydroxyl groups excluding tert-OH is 1. The van der Waals surface area contributed by atoms with Gasteiger partial charge >= 0.3 is 6.03 Å². The van der Waals surface area contributed by atoms with Crippen molar-refractivity contribution < 1.29 is 9.90 Å². The molecule has 1 fully saturated rings. The van der Waals surface area contributed by atoms with Crippen molar-refractivity contribution in [3.05, 3.63) is 41.6 Å². The van der Waals surface area contributed by atoms with Crippen LogP contribution in [0.3, 0.4) is 0 Å². The van der Waals surface area contributed by atoms with Gasteiger partial charge < -0.3 is 10.0 Å². The zero-order chi connectivity index (χ0) is 18.0. The number of carbonyl (C=O) groups is 1. The molecule has 6 heteroatoms. The number of anilines is 1. The maximum atomic E-state index is 12.5. The number of carbonyl (C=O) groups excluding carboxylic acids is 1. The highest BCUT2D eigenvalue weighted by atomic mass is 16.3. The quantitative estimate of drug-likeness (QED) is 0.846. The summed E-state index contributed by atoms with van der Waals surface area (Å²) in [5.74, 6) is 1.23. The molecule has 25 heavy (non-hydrogen) atoms. The Balaban J connectivity index is 1.85. The first-order valence-corrected chi connectivity index (χ1v) is 8.82. The van der Waals surface area contributed by atoms with Gasteiger partial charge in [0, 0.05) is 25.1 Å². The molecule has 1 aromatic carbocycles. The molecule has 3 rings (SSSR count). The Hall–Kier alpha value is -2.34. The largest absolute Gasteiger partial charge is 0.393 e. The second kappa shape index (κ2) is 7.27. The smallest absolute Gasteiger partial charge is 0.322 e. The van der Waals surface area contributed by atoms with Crippen LogP contribution >= 0.6 is 0 Å². The first-order chi connectivity index (χ1) is 12.0. The Bertz CT molecular complexity index is 735. The number of nitrogens with one attached hydrogen (secondary N) is 1. The minimum absolute atomic E-state index is 0.192. The third-order valence-electron chi connectivity index (χ3n) is 4.58. The lowest BCUT2D eigenvalue weighted by atomic mass is 10.2. The summed E-state index contributed by atoms with van der Waals surface area (Å²) in [5, 5.41) is 17.2. The fourth-order valence-electron chi connectivity index (χ4n) is 2.84. The third-order valence-corrected chi connectivity index (χ3v) is 4.58. The van der Waals surface area contributed by atoms with Crippen molar-refractivity contribution in [2.24, 2.45) is 0 Å². The van der Waals surface area contributed by atoms with Crippen molar-refractivity contribution >= 4 is 11.8 Å². The highest BCUT2D eigenvalue weighted by Crippen LogP contribution is 2.42. The van der Waals surface area contributed by atoms with Gasteiger partial charge in [0.05, 0.1) is 17.5 Å². The third kappa shape index (κ3) is 4.02. The van der Waals surface area contributed by atoms with E-state index in [1.54, 1.807) is 18.9 Å². The second-order valence-corrected chi connectivity index (χ2v) is 6.87. The van der Waals surface area contributed by atoms with E-state index in [0.29, 0.717) is 18.9 Å². The summed E-state index contributed by atoms with van der Waals surface area (Å²) in [4.78, 5) is 14.1. The van der Waals surface area contributed by atoms with Crippen molar-refractivity contribution in [2.75, 3.05) is 18.9 Å². The van der Waals surface area contributed by atoms with E-state index < -0.39 is 6.10 Å². The molecule has 0 spiro atoms. The molecule has 2 amide bonds. The molecule has 2 aromatic rings. The lowest BCUT2D eigenvalue weighted by Crippen LogP contribution is -2.34. The molecule has 6 nitrogen and oxygen atoms in total. The van der Waals surface area contributed by atoms with Crippen LogP contribution < -0.4 is 5.32 Å². The van der Waals surface area contributed by atoms with Gasteiger partial charge in [-0.3, -0.25) is 5.32 Å². The summed E-state index contributed by atoms with van der Waals surface area (Å²) >= 11 is 0. The first kappa shape index (κ1) is 17.5. The predicted molar refractivity (Wildman–Crippen MR) is 98.2 cm³/mol. The second-order valence-electron chi connectivity index (χ2n) is 6.87. The van der Waals surface area contributed by atoms with Crippen molar-refractivity contribution in [1.29, 1.82) is 0 Å². The predicted octanol–water partition coefficient (Wildman–Crippen LogP) is 3.29. The molecule has 1 heterocycles. The topological polar surface area (TPSA) is 70.4 Å². The number of aromatic nitrogens is 2. The molecular formula is C19H26N4O2. The minimum atomic E-state index is -0.423. The summed E-state index contributed by atoms with van der Waals surface area (Å²) < 4.78 is 1.82. The van der Waals surface area contributed by atoms with Crippen molar-refractivity contribution in [3.63, 3.8) is 0 Å². The van der Waals surface area contributed by atoms with Gasteiger partial charge in [-0.05, 0) is 45.2 Å². The molecule has 0 aliphatic heterocycles. The fourth-order valence-corrected chi connectivity index (χ4v) is 2.84. The van der Waals surface area contributed by atoms with E-state index in [-0.39, 0.29) is 6.03 Å². The molecule has 0 radical (unpaired) electrons. The number of rotatable bonds is 6. The summed E-state index contributed by atoms with van der Waals surface area (Å²) in [7, 11) is 1.73. The molecule has 1 atom stereocenters. The van der Waals surface area contributed by atoms with E-state index in [4.69, 9.17) is 5.10 Å². The van der Waals surface area contributed by atoms with Gasteiger partial charge in [0.2, 0.25) is 0 Å². The molecule has 2 N–H and O–H groups in total.